The normalized spacial score (nSPS) is 18.3. The standard InChI is InChI=1S/C24H28N2O4/c1-16-10-12-17(13-11-16)22(27)20-21(18-8-5-6-9-19(18)30-4)26(24(29)23(20)28)15-7-14-25(2)3/h5-6,8-13,21,27H,7,14-15H2,1-4H3/b22-20-. The number of likely N-dealkylation sites (tertiary alicyclic amines) is 1. The zero-order chi connectivity index (χ0) is 21.8. The number of ether oxygens (including phenoxy) is 1. The summed E-state index contributed by atoms with van der Waals surface area (Å²) in [4.78, 5) is 29.5. The highest BCUT2D eigenvalue weighted by Gasteiger charge is 2.46. The summed E-state index contributed by atoms with van der Waals surface area (Å²) in [6, 6.07) is 13.8. The Labute approximate surface area is 177 Å². The summed E-state index contributed by atoms with van der Waals surface area (Å²) in [5, 5.41) is 11.1. The number of carbonyl (C=O) groups excluding carboxylic acids is 2. The van der Waals surface area contributed by atoms with Crippen molar-refractivity contribution in [1.29, 1.82) is 0 Å². The number of methoxy groups -OCH3 is 1. The van der Waals surface area contributed by atoms with Crippen LogP contribution in [0.4, 0.5) is 0 Å². The van der Waals surface area contributed by atoms with Gasteiger partial charge in [0.15, 0.2) is 0 Å². The smallest absolute Gasteiger partial charge is 0.295 e. The Morgan fingerprint density at radius 1 is 1.10 bits per heavy atom. The molecule has 0 spiro atoms. The van der Waals surface area contributed by atoms with Gasteiger partial charge in [0, 0.05) is 17.7 Å². The molecule has 1 fully saturated rings. The van der Waals surface area contributed by atoms with Crippen molar-refractivity contribution < 1.29 is 19.4 Å². The van der Waals surface area contributed by atoms with Gasteiger partial charge >= 0.3 is 0 Å². The van der Waals surface area contributed by atoms with Crippen LogP contribution in [0.3, 0.4) is 0 Å². The average Bonchev–Trinajstić information content (AvgIpc) is 2.98. The number of aryl methyl sites for hydroxylation is 1. The van der Waals surface area contributed by atoms with Crippen LogP contribution in [0.15, 0.2) is 54.1 Å². The van der Waals surface area contributed by atoms with Crippen molar-refractivity contribution in [3.05, 3.63) is 70.8 Å². The lowest BCUT2D eigenvalue weighted by atomic mass is 9.94. The number of ketones is 1. The molecule has 1 unspecified atom stereocenters. The molecule has 1 heterocycles. The predicted octanol–water partition coefficient (Wildman–Crippen LogP) is 3.38. The molecule has 3 rings (SSSR count). The molecule has 0 aromatic heterocycles. The molecule has 30 heavy (non-hydrogen) atoms. The molecule has 1 aliphatic heterocycles. The maximum atomic E-state index is 13.0. The molecule has 158 valence electrons. The number of benzene rings is 2. The summed E-state index contributed by atoms with van der Waals surface area (Å²) < 4.78 is 5.51. The first-order valence-corrected chi connectivity index (χ1v) is 9.98. The summed E-state index contributed by atoms with van der Waals surface area (Å²) in [6.45, 7) is 3.12. The van der Waals surface area contributed by atoms with Gasteiger partial charge in [-0.15, -0.1) is 0 Å². The molecule has 1 saturated heterocycles. The van der Waals surface area contributed by atoms with Gasteiger partial charge in [0.25, 0.3) is 11.7 Å². The zero-order valence-corrected chi connectivity index (χ0v) is 17.9. The van der Waals surface area contributed by atoms with Crippen LogP contribution in [-0.2, 0) is 9.59 Å². The quantitative estimate of drug-likeness (QED) is 0.432. The van der Waals surface area contributed by atoms with Crippen molar-refractivity contribution in [2.24, 2.45) is 0 Å². The van der Waals surface area contributed by atoms with Crippen LogP contribution in [0.25, 0.3) is 5.76 Å². The number of rotatable bonds is 7. The van der Waals surface area contributed by atoms with Crippen molar-refractivity contribution in [2.45, 2.75) is 19.4 Å². The van der Waals surface area contributed by atoms with Crippen LogP contribution in [0, 0.1) is 6.92 Å². The number of Topliss-reactive ketones (excluding diaryl/α,β-unsaturated/α-hetero) is 1. The third kappa shape index (κ3) is 4.24. The average molecular weight is 408 g/mol. The van der Waals surface area contributed by atoms with Gasteiger partial charge in [-0.1, -0.05) is 48.0 Å². The monoisotopic (exact) mass is 408 g/mol. The molecule has 0 aliphatic carbocycles. The van der Waals surface area contributed by atoms with E-state index in [1.165, 1.54) is 0 Å². The molecule has 2 aromatic rings. The second-order valence-electron chi connectivity index (χ2n) is 7.76. The first-order valence-electron chi connectivity index (χ1n) is 9.98. The third-order valence-corrected chi connectivity index (χ3v) is 5.30. The van der Waals surface area contributed by atoms with Crippen molar-refractivity contribution in [2.75, 3.05) is 34.3 Å². The van der Waals surface area contributed by atoms with Crippen molar-refractivity contribution >= 4 is 17.4 Å². The fraction of sp³-hybridized carbons (Fsp3) is 0.333. The van der Waals surface area contributed by atoms with E-state index in [-0.39, 0.29) is 11.3 Å². The van der Waals surface area contributed by atoms with E-state index in [9.17, 15) is 14.7 Å². The van der Waals surface area contributed by atoms with Gasteiger partial charge in [-0.3, -0.25) is 9.59 Å². The van der Waals surface area contributed by atoms with E-state index in [4.69, 9.17) is 4.74 Å². The summed E-state index contributed by atoms with van der Waals surface area (Å²) in [5.74, 6) is -0.872. The van der Waals surface area contributed by atoms with Crippen molar-refractivity contribution in [3.8, 4) is 5.75 Å². The van der Waals surface area contributed by atoms with Crippen LogP contribution in [0.2, 0.25) is 0 Å². The second-order valence-corrected chi connectivity index (χ2v) is 7.76. The van der Waals surface area contributed by atoms with E-state index in [0.717, 1.165) is 12.1 Å². The number of hydrogen-bond donors (Lipinski definition) is 1. The number of aliphatic hydroxyl groups excluding tert-OH is 1. The van der Waals surface area contributed by atoms with Crippen LogP contribution in [0.5, 0.6) is 5.75 Å². The number of hydrogen-bond acceptors (Lipinski definition) is 5. The maximum Gasteiger partial charge on any atom is 0.295 e. The van der Waals surface area contributed by atoms with E-state index in [1.807, 2.05) is 56.3 Å². The lowest BCUT2D eigenvalue weighted by Gasteiger charge is -2.27. The van der Waals surface area contributed by atoms with E-state index in [0.29, 0.717) is 29.8 Å². The number of amides is 1. The Balaban J connectivity index is 2.13. The van der Waals surface area contributed by atoms with Gasteiger partial charge < -0.3 is 19.6 Å². The SMILES string of the molecule is COc1ccccc1C1/C(=C(/O)c2ccc(C)cc2)C(=O)C(=O)N1CCCN(C)C. The number of nitrogens with zero attached hydrogens (tertiary/aromatic N) is 2. The highest BCUT2D eigenvalue weighted by molar-refractivity contribution is 6.46. The minimum Gasteiger partial charge on any atom is -0.507 e. The van der Waals surface area contributed by atoms with Gasteiger partial charge in [-0.05, 0) is 40.1 Å². The van der Waals surface area contributed by atoms with Crippen LogP contribution < -0.4 is 4.74 Å². The molecular weight excluding hydrogens is 380 g/mol. The molecule has 1 atom stereocenters. The highest BCUT2D eigenvalue weighted by atomic mass is 16.5. The summed E-state index contributed by atoms with van der Waals surface area (Å²) in [5.41, 5.74) is 2.32. The molecule has 1 N–H and O–H groups in total. The van der Waals surface area contributed by atoms with Crippen LogP contribution in [0.1, 0.15) is 29.2 Å². The first-order chi connectivity index (χ1) is 14.3. The van der Waals surface area contributed by atoms with Crippen LogP contribution >= 0.6 is 0 Å². The molecule has 1 amide bonds. The molecule has 0 saturated carbocycles. The van der Waals surface area contributed by atoms with Gasteiger partial charge in [-0.2, -0.15) is 0 Å². The zero-order valence-electron chi connectivity index (χ0n) is 17.9. The summed E-state index contributed by atoms with van der Waals surface area (Å²) >= 11 is 0. The lowest BCUT2D eigenvalue weighted by Crippen LogP contribution is -2.32. The third-order valence-electron chi connectivity index (χ3n) is 5.30. The Morgan fingerprint density at radius 2 is 1.77 bits per heavy atom. The first kappa shape index (κ1) is 21.6. The Kier molecular flexibility index (Phi) is 6.57. The fourth-order valence-electron chi connectivity index (χ4n) is 3.75. The topological polar surface area (TPSA) is 70.1 Å². The second kappa shape index (κ2) is 9.13. The van der Waals surface area contributed by atoms with Crippen molar-refractivity contribution in [1.82, 2.24) is 9.80 Å². The number of aliphatic hydroxyl groups is 1. The Morgan fingerprint density at radius 3 is 2.40 bits per heavy atom. The Hall–Kier alpha value is -3.12. The minimum atomic E-state index is -0.704. The largest absolute Gasteiger partial charge is 0.507 e. The predicted molar refractivity (Wildman–Crippen MR) is 116 cm³/mol. The molecule has 6 heteroatoms. The van der Waals surface area contributed by atoms with Gasteiger partial charge in [0.1, 0.15) is 11.5 Å². The fourth-order valence-corrected chi connectivity index (χ4v) is 3.75. The van der Waals surface area contributed by atoms with E-state index < -0.39 is 17.7 Å². The minimum absolute atomic E-state index is 0.0956. The lowest BCUT2D eigenvalue weighted by molar-refractivity contribution is -0.140. The van der Waals surface area contributed by atoms with Crippen LogP contribution in [-0.4, -0.2) is 60.9 Å². The maximum absolute atomic E-state index is 13.0. The highest BCUT2D eigenvalue weighted by Crippen LogP contribution is 2.42. The van der Waals surface area contributed by atoms with Gasteiger partial charge in [0.05, 0.1) is 18.7 Å². The molecule has 1 aliphatic rings. The van der Waals surface area contributed by atoms with Crippen molar-refractivity contribution in [3.63, 3.8) is 0 Å². The number of carbonyl (C=O) groups is 2. The van der Waals surface area contributed by atoms with E-state index in [2.05, 4.69) is 0 Å². The van der Waals surface area contributed by atoms with E-state index >= 15 is 0 Å². The summed E-state index contributed by atoms with van der Waals surface area (Å²) in [6.07, 6.45) is 0.705. The summed E-state index contributed by atoms with van der Waals surface area (Å²) in [7, 11) is 5.48. The van der Waals surface area contributed by atoms with E-state index in [1.54, 1.807) is 30.2 Å². The molecule has 2 aromatic carbocycles. The molecule has 0 bridgehead atoms. The molecular formula is C24H28N2O4. The molecule has 0 radical (unpaired) electrons. The molecule has 6 nitrogen and oxygen atoms in total. The van der Waals surface area contributed by atoms with Gasteiger partial charge in [0.2, 0.25) is 0 Å². The Bertz CT molecular complexity index is 963. The van der Waals surface area contributed by atoms with Gasteiger partial charge in [-0.25, -0.2) is 0 Å². The number of para-hydroxylation sites is 1.